The van der Waals surface area contributed by atoms with E-state index < -0.39 is 42.1 Å². The highest BCUT2D eigenvalue weighted by molar-refractivity contribution is 6.00. The van der Waals surface area contributed by atoms with Gasteiger partial charge in [0, 0.05) is 22.7 Å². The third kappa shape index (κ3) is 13.2. The van der Waals surface area contributed by atoms with Gasteiger partial charge in [0.15, 0.2) is 0 Å². The van der Waals surface area contributed by atoms with E-state index >= 15 is 0 Å². The maximum absolute atomic E-state index is 12.5. The van der Waals surface area contributed by atoms with Crippen molar-refractivity contribution >= 4 is 64.8 Å². The molecule has 0 saturated heterocycles. The van der Waals surface area contributed by atoms with Crippen molar-refractivity contribution in [3.05, 3.63) is 119 Å². The number of amides is 4. The van der Waals surface area contributed by atoms with Crippen LogP contribution in [0.5, 0.6) is 0 Å². The van der Waals surface area contributed by atoms with Gasteiger partial charge >= 0.3 is 42.1 Å². The molecule has 0 aliphatic carbocycles. The molecule has 0 bridgehead atoms. The summed E-state index contributed by atoms with van der Waals surface area (Å²) in [5, 5.41) is 10.2. The molecule has 0 fully saturated rings. The van der Waals surface area contributed by atoms with E-state index in [2.05, 4.69) is 26.0 Å². The molecule has 4 aromatic rings. The third-order valence-corrected chi connectivity index (χ3v) is 7.05. The lowest BCUT2D eigenvalue weighted by Crippen LogP contribution is -2.19. The lowest BCUT2D eigenvalue weighted by Gasteiger charge is -2.10. The van der Waals surface area contributed by atoms with Crippen molar-refractivity contribution < 1.29 is 62.0 Å². The number of benzene rings is 4. The van der Waals surface area contributed by atoms with Gasteiger partial charge in [-0.15, -0.1) is 0 Å². The number of ether oxygens (including phenoxy) is 6. The summed E-state index contributed by atoms with van der Waals surface area (Å²) in [6, 6.07) is 23.0. The average molecular weight is 757 g/mol. The molecule has 0 atom stereocenters. The van der Waals surface area contributed by atoms with Gasteiger partial charge in [-0.25, -0.2) is 33.6 Å². The van der Waals surface area contributed by atoms with E-state index in [0.29, 0.717) is 22.7 Å². The average Bonchev–Trinajstić information content (AvgIpc) is 3.19. The molecule has 0 aliphatic heterocycles. The molecule has 0 aliphatic rings. The Bertz CT molecular complexity index is 1970. The minimum absolute atomic E-state index is 0.190. The van der Waals surface area contributed by atoms with Gasteiger partial charge in [-0.1, -0.05) is 0 Å². The fraction of sp³-hybridized carbons (Fsp3) is 0.184. The van der Waals surface area contributed by atoms with Crippen LogP contribution in [0.1, 0.15) is 48.4 Å². The molecule has 286 valence electrons. The number of hydrogen-bond donors (Lipinski definition) is 4. The SMILES string of the molecule is CCOC(=O)Nc1ccc(C(=O)OCCOC(=O)c2ccc(NC(=O)Nc3ccc(C(=O)OCCOC(=O)c4ccc(NC(=O)OC)cc4)cc3)cc2)cc1. The van der Waals surface area contributed by atoms with E-state index in [1.54, 1.807) is 6.92 Å². The fourth-order valence-corrected chi connectivity index (χ4v) is 4.38. The van der Waals surface area contributed by atoms with Crippen LogP contribution < -0.4 is 21.3 Å². The monoisotopic (exact) mass is 756 g/mol. The summed E-state index contributed by atoms with van der Waals surface area (Å²) >= 11 is 0. The van der Waals surface area contributed by atoms with Gasteiger partial charge in [0.25, 0.3) is 0 Å². The van der Waals surface area contributed by atoms with E-state index in [1.807, 2.05) is 0 Å². The van der Waals surface area contributed by atoms with Crippen LogP contribution in [-0.2, 0) is 28.4 Å². The molecule has 0 radical (unpaired) electrons. The summed E-state index contributed by atoms with van der Waals surface area (Å²) in [5.41, 5.74) is 2.48. The van der Waals surface area contributed by atoms with E-state index in [1.165, 1.54) is 104 Å². The summed E-state index contributed by atoms with van der Waals surface area (Å²) in [6.07, 6.45) is -1.27. The van der Waals surface area contributed by atoms with E-state index in [9.17, 15) is 33.6 Å². The predicted molar refractivity (Wildman–Crippen MR) is 196 cm³/mol. The molecule has 4 amide bonds. The minimum atomic E-state index is -0.668. The molecule has 4 aromatic carbocycles. The molecular formula is C38H36N4O13. The van der Waals surface area contributed by atoms with Crippen LogP contribution in [0.4, 0.5) is 37.1 Å². The summed E-state index contributed by atoms with van der Waals surface area (Å²) in [7, 11) is 1.23. The number of anilines is 4. The number of esters is 4. The van der Waals surface area contributed by atoms with Crippen molar-refractivity contribution in [1.29, 1.82) is 0 Å². The van der Waals surface area contributed by atoms with Gasteiger partial charge in [-0.2, -0.15) is 0 Å². The highest BCUT2D eigenvalue weighted by Crippen LogP contribution is 2.15. The smallest absolute Gasteiger partial charge is 0.411 e. The Balaban J connectivity index is 1.11. The van der Waals surface area contributed by atoms with Crippen molar-refractivity contribution in [3.63, 3.8) is 0 Å². The second-order valence-electron chi connectivity index (χ2n) is 10.9. The summed E-state index contributed by atoms with van der Waals surface area (Å²) < 4.78 is 29.8. The number of methoxy groups -OCH3 is 1. The quantitative estimate of drug-likeness (QED) is 0.0612. The predicted octanol–water partition coefficient (Wildman–Crippen LogP) is 6.10. The zero-order valence-electron chi connectivity index (χ0n) is 29.6. The van der Waals surface area contributed by atoms with Crippen LogP contribution in [0.2, 0.25) is 0 Å². The first-order chi connectivity index (χ1) is 26.5. The van der Waals surface area contributed by atoms with Crippen molar-refractivity contribution in [3.8, 4) is 0 Å². The number of hydrogen-bond acceptors (Lipinski definition) is 13. The Morgan fingerprint density at radius 2 is 0.673 bits per heavy atom. The Hall–Kier alpha value is -7.43. The van der Waals surface area contributed by atoms with Crippen LogP contribution in [-0.4, -0.2) is 82.2 Å². The van der Waals surface area contributed by atoms with E-state index in [4.69, 9.17) is 23.7 Å². The van der Waals surface area contributed by atoms with Gasteiger partial charge in [0.05, 0.1) is 36.0 Å². The first-order valence-electron chi connectivity index (χ1n) is 16.5. The Kier molecular flexibility index (Phi) is 15.1. The Morgan fingerprint density at radius 1 is 0.400 bits per heavy atom. The van der Waals surface area contributed by atoms with E-state index in [-0.39, 0.29) is 55.3 Å². The number of carbonyl (C=O) groups is 7. The standard InChI is InChI=1S/C38H36N4O13/c1-3-51-38(49)42-31-18-10-27(11-19-31)35(46)55-23-21-53-33(44)25-6-14-29(15-7-25)40-36(47)39-28-12-4-24(5-13-28)32(43)52-20-22-54-34(45)26-8-16-30(17-9-26)41-37(48)50-2/h4-19H,3,20-23H2,1-2H3,(H,41,48)(H,42,49)(H2,39,40,47). The Morgan fingerprint density at radius 3 is 0.945 bits per heavy atom. The molecule has 0 spiro atoms. The van der Waals surface area contributed by atoms with Crippen molar-refractivity contribution in [2.45, 2.75) is 6.92 Å². The number of carbonyl (C=O) groups excluding carboxylic acids is 7. The van der Waals surface area contributed by atoms with Gasteiger partial charge < -0.3 is 39.1 Å². The highest BCUT2D eigenvalue weighted by atomic mass is 16.6. The van der Waals surface area contributed by atoms with Gasteiger partial charge in [-0.05, 0) is 104 Å². The zero-order chi connectivity index (χ0) is 39.6. The Labute approximate surface area is 314 Å². The van der Waals surface area contributed by atoms with Crippen LogP contribution in [0, 0.1) is 0 Å². The first kappa shape index (κ1) is 40.3. The zero-order valence-corrected chi connectivity index (χ0v) is 29.6. The van der Waals surface area contributed by atoms with Crippen molar-refractivity contribution in [2.24, 2.45) is 0 Å². The highest BCUT2D eigenvalue weighted by Gasteiger charge is 2.13. The second kappa shape index (κ2) is 20.6. The molecule has 17 nitrogen and oxygen atoms in total. The summed E-state index contributed by atoms with van der Waals surface area (Å²) in [4.78, 5) is 84.5. The molecule has 4 rings (SSSR count). The van der Waals surface area contributed by atoms with E-state index in [0.717, 1.165) is 0 Å². The maximum atomic E-state index is 12.5. The lowest BCUT2D eigenvalue weighted by atomic mass is 10.2. The second-order valence-corrected chi connectivity index (χ2v) is 10.9. The van der Waals surface area contributed by atoms with Gasteiger partial charge in [-0.3, -0.25) is 10.6 Å². The topological polar surface area (TPSA) is 223 Å². The number of rotatable bonds is 15. The lowest BCUT2D eigenvalue weighted by molar-refractivity contribution is 0.0265. The molecule has 4 N–H and O–H groups in total. The normalized spacial score (nSPS) is 10.1. The van der Waals surface area contributed by atoms with Crippen LogP contribution >= 0.6 is 0 Å². The van der Waals surface area contributed by atoms with Crippen LogP contribution in [0.3, 0.4) is 0 Å². The maximum Gasteiger partial charge on any atom is 0.411 e. The molecular weight excluding hydrogens is 720 g/mol. The van der Waals surface area contributed by atoms with Gasteiger partial charge in [0.1, 0.15) is 26.4 Å². The molecule has 0 unspecified atom stereocenters. The molecule has 0 heterocycles. The first-order valence-corrected chi connectivity index (χ1v) is 16.5. The summed E-state index contributed by atoms with van der Waals surface area (Å²) in [5.74, 6) is -2.62. The largest absolute Gasteiger partial charge is 0.458 e. The number of nitrogens with one attached hydrogen (secondary N) is 4. The van der Waals surface area contributed by atoms with Crippen molar-refractivity contribution in [2.75, 3.05) is 61.4 Å². The minimum Gasteiger partial charge on any atom is -0.458 e. The third-order valence-electron chi connectivity index (χ3n) is 7.05. The number of urea groups is 1. The molecule has 0 saturated carbocycles. The van der Waals surface area contributed by atoms with Crippen LogP contribution in [0.15, 0.2) is 97.1 Å². The molecule has 55 heavy (non-hydrogen) atoms. The molecule has 0 aromatic heterocycles. The molecule has 17 heteroatoms. The van der Waals surface area contributed by atoms with Gasteiger partial charge in [0.2, 0.25) is 0 Å². The van der Waals surface area contributed by atoms with Crippen molar-refractivity contribution in [1.82, 2.24) is 0 Å². The van der Waals surface area contributed by atoms with Crippen LogP contribution in [0.25, 0.3) is 0 Å². The fourth-order valence-electron chi connectivity index (χ4n) is 4.38. The summed E-state index contributed by atoms with van der Waals surface area (Å²) in [6.45, 7) is 1.12.